The quantitative estimate of drug-likeness (QED) is 0.195. The van der Waals surface area contributed by atoms with E-state index in [4.69, 9.17) is 0 Å². The molecule has 0 atom stereocenters. The Kier molecular flexibility index (Phi) is 5.53. The molecule has 0 radical (unpaired) electrons. The summed E-state index contributed by atoms with van der Waals surface area (Å²) in [6.07, 6.45) is 7.98. The van der Waals surface area contributed by atoms with Gasteiger partial charge in [-0.05, 0) is 54.5 Å². The molecule has 1 aliphatic carbocycles. The van der Waals surface area contributed by atoms with E-state index in [1.54, 1.807) is 0 Å². The van der Waals surface area contributed by atoms with E-state index in [2.05, 4.69) is 93.6 Å². The normalized spacial score (nSPS) is 15.2. The molecule has 1 fully saturated rings. The topological polar surface area (TPSA) is 3.24 Å². The van der Waals surface area contributed by atoms with Crippen molar-refractivity contribution < 1.29 is 0 Å². The number of nitrogens with zero attached hydrogens (tertiary/aromatic N) is 1. The lowest BCUT2D eigenvalue weighted by Gasteiger charge is -2.23. The van der Waals surface area contributed by atoms with E-state index in [0.29, 0.717) is 0 Å². The molecule has 1 heterocycles. The second-order valence-corrected chi connectivity index (χ2v) is 10.1. The summed E-state index contributed by atoms with van der Waals surface area (Å²) < 4.78 is 5.15. The molecule has 1 nitrogen and oxygen atoms in total. The third-order valence-corrected chi connectivity index (χ3v) is 8.77. The molecule has 1 saturated carbocycles. The number of thiophene rings is 1. The van der Waals surface area contributed by atoms with Crippen LogP contribution in [0.1, 0.15) is 56.1 Å². The predicted octanol–water partition coefficient (Wildman–Crippen LogP) is 9.15. The van der Waals surface area contributed by atoms with Crippen molar-refractivity contribution in [2.45, 2.75) is 51.4 Å². The summed E-state index contributed by atoms with van der Waals surface area (Å²) in [4.78, 5) is 0. The molecule has 0 N–H and O–H groups in total. The largest absolute Gasteiger partial charge is 0.282 e. The first-order valence-corrected chi connectivity index (χ1v) is 12.5. The molecule has 3 heteroatoms. The number of benzene rings is 3. The number of hydrogen-bond donors (Lipinski definition) is 0. The zero-order chi connectivity index (χ0) is 19.8. The Balaban J connectivity index is 1.53. The van der Waals surface area contributed by atoms with Crippen LogP contribution in [0.3, 0.4) is 0 Å². The van der Waals surface area contributed by atoms with E-state index in [1.165, 1.54) is 74.8 Å². The molecule has 1 aliphatic rings. The third-order valence-electron chi connectivity index (χ3n) is 6.37. The molecule has 0 aliphatic heterocycles. The van der Waals surface area contributed by atoms with E-state index in [-0.39, 0.29) is 0 Å². The average molecular weight is 511 g/mol. The van der Waals surface area contributed by atoms with Crippen molar-refractivity contribution in [1.82, 2.24) is 0 Å². The maximum Gasteiger partial charge on any atom is 0.0689 e. The van der Waals surface area contributed by atoms with Crippen molar-refractivity contribution in [2.75, 3.05) is 3.11 Å². The number of hydrogen-bond acceptors (Lipinski definition) is 2. The highest BCUT2D eigenvalue weighted by atomic mass is 127. The van der Waals surface area contributed by atoms with Gasteiger partial charge in [-0.3, -0.25) is 3.11 Å². The summed E-state index contributed by atoms with van der Waals surface area (Å²) in [5.74, 6) is 0.763. The van der Waals surface area contributed by atoms with Crippen LogP contribution in [0.4, 0.5) is 11.4 Å². The molecular formula is C26H26INS. The Labute approximate surface area is 191 Å². The number of fused-ring (bicyclic) bond motifs is 3. The zero-order valence-corrected chi connectivity index (χ0v) is 19.8. The van der Waals surface area contributed by atoms with Crippen LogP contribution in [0.25, 0.3) is 20.2 Å². The highest BCUT2D eigenvalue weighted by molar-refractivity contribution is 14.1. The number of halogens is 1. The van der Waals surface area contributed by atoms with E-state index in [9.17, 15) is 0 Å². The lowest BCUT2D eigenvalue weighted by atomic mass is 9.84. The minimum atomic E-state index is 0.763. The number of rotatable bonds is 4. The monoisotopic (exact) mass is 511 g/mol. The second-order valence-electron chi connectivity index (χ2n) is 8.11. The summed E-state index contributed by atoms with van der Waals surface area (Å²) in [5, 5.41) is 2.77. The third kappa shape index (κ3) is 3.57. The van der Waals surface area contributed by atoms with Gasteiger partial charge in [-0.1, -0.05) is 68.7 Å². The Bertz CT molecular complexity index is 1140. The molecular weight excluding hydrogens is 485 g/mol. The average Bonchev–Trinajstić information content (AvgIpc) is 3.18. The summed E-state index contributed by atoms with van der Waals surface area (Å²) in [7, 11) is 0. The van der Waals surface area contributed by atoms with Crippen LogP contribution in [0.15, 0.2) is 60.7 Å². The van der Waals surface area contributed by atoms with Gasteiger partial charge in [0.15, 0.2) is 0 Å². The van der Waals surface area contributed by atoms with Gasteiger partial charge in [0.05, 0.1) is 38.9 Å². The van der Waals surface area contributed by atoms with Gasteiger partial charge < -0.3 is 0 Å². The SMILES string of the molecule is CCc1cccc2c1sc1c(N(I)c3ccc(C4CCCCC4)cc3)cccc12. The number of anilines is 2. The summed E-state index contributed by atoms with van der Waals surface area (Å²) in [6.45, 7) is 2.25. The van der Waals surface area contributed by atoms with Crippen LogP contribution in [0, 0.1) is 0 Å². The van der Waals surface area contributed by atoms with Gasteiger partial charge in [0.25, 0.3) is 0 Å². The highest BCUT2D eigenvalue weighted by Gasteiger charge is 2.17. The van der Waals surface area contributed by atoms with Gasteiger partial charge in [0.2, 0.25) is 0 Å². The molecule has 1 aromatic heterocycles. The van der Waals surface area contributed by atoms with Crippen LogP contribution < -0.4 is 3.11 Å². The van der Waals surface area contributed by atoms with Gasteiger partial charge in [0.1, 0.15) is 0 Å². The van der Waals surface area contributed by atoms with Crippen LogP contribution >= 0.6 is 34.2 Å². The van der Waals surface area contributed by atoms with Gasteiger partial charge in [-0.2, -0.15) is 0 Å². The first-order chi connectivity index (χ1) is 14.3. The van der Waals surface area contributed by atoms with Gasteiger partial charge in [-0.25, -0.2) is 0 Å². The standard InChI is InChI=1S/C26H26INS/c1-2-18-10-6-11-22-23-12-7-13-24(26(23)29-25(18)22)28(27)21-16-14-20(15-17-21)19-8-4-3-5-9-19/h6-7,10-17,19H,2-5,8-9H2,1H3. The highest BCUT2D eigenvalue weighted by Crippen LogP contribution is 2.44. The minimum absolute atomic E-state index is 0.763. The Morgan fingerprint density at radius 2 is 1.55 bits per heavy atom. The van der Waals surface area contributed by atoms with E-state index < -0.39 is 0 Å². The molecule has 29 heavy (non-hydrogen) atoms. The molecule has 5 rings (SSSR count). The summed E-state index contributed by atoms with van der Waals surface area (Å²) >= 11 is 4.41. The van der Waals surface area contributed by atoms with Crippen LogP contribution in [0.5, 0.6) is 0 Å². The maximum atomic E-state index is 2.47. The van der Waals surface area contributed by atoms with Crippen LogP contribution in [0.2, 0.25) is 0 Å². The van der Waals surface area contributed by atoms with Gasteiger partial charge in [-0.15, -0.1) is 11.3 Å². The van der Waals surface area contributed by atoms with Crippen molar-refractivity contribution in [3.8, 4) is 0 Å². The first kappa shape index (κ1) is 19.4. The van der Waals surface area contributed by atoms with Crippen molar-refractivity contribution in [3.05, 3.63) is 71.8 Å². The molecule has 0 unspecified atom stereocenters. The lowest BCUT2D eigenvalue weighted by Crippen LogP contribution is -2.05. The summed E-state index contributed by atoms with van der Waals surface area (Å²) in [6, 6.07) is 22.8. The molecule has 0 spiro atoms. The lowest BCUT2D eigenvalue weighted by molar-refractivity contribution is 0.443. The van der Waals surface area contributed by atoms with E-state index >= 15 is 0 Å². The van der Waals surface area contributed by atoms with Crippen molar-refractivity contribution in [3.63, 3.8) is 0 Å². The van der Waals surface area contributed by atoms with Crippen LogP contribution in [-0.4, -0.2) is 0 Å². The molecule has 148 valence electrons. The van der Waals surface area contributed by atoms with Crippen molar-refractivity contribution in [2.24, 2.45) is 0 Å². The van der Waals surface area contributed by atoms with E-state index in [1.807, 2.05) is 11.3 Å². The van der Waals surface area contributed by atoms with Crippen LogP contribution in [-0.2, 0) is 6.42 Å². The summed E-state index contributed by atoms with van der Waals surface area (Å²) in [5.41, 5.74) is 5.51. The molecule has 0 bridgehead atoms. The molecule has 4 aromatic rings. The maximum absolute atomic E-state index is 2.47. The first-order valence-electron chi connectivity index (χ1n) is 10.7. The van der Waals surface area contributed by atoms with Gasteiger partial charge >= 0.3 is 0 Å². The molecule has 3 aromatic carbocycles. The zero-order valence-electron chi connectivity index (χ0n) is 16.8. The fourth-order valence-corrected chi connectivity index (χ4v) is 7.02. The van der Waals surface area contributed by atoms with Gasteiger partial charge in [0, 0.05) is 15.5 Å². The van der Waals surface area contributed by atoms with E-state index in [0.717, 1.165) is 12.3 Å². The Morgan fingerprint density at radius 3 is 2.28 bits per heavy atom. The van der Waals surface area contributed by atoms with Crippen molar-refractivity contribution in [1.29, 1.82) is 0 Å². The second kappa shape index (κ2) is 8.27. The fourth-order valence-electron chi connectivity index (χ4n) is 4.75. The Morgan fingerprint density at radius 1 is 0.862 bits per heavy atom. The molecule has 0 saturated heterocycles. The molecule has 0 amide bonds. The fraction of sp³-hybridized carbons (Fsp3) is 0.308. The van der Waals surface area contributed by atoms with Crippen molar-refractivity contribution >= 4 is 65.7 Å². The minimum Gasteiger partial charge on any atom is -0.282 e. The Hall–Kier alpha value is -1.59. The smallest absolute Gasteiger partial charge is 0.0689 e. The predicted molar refractivity (Wildman–Crippen MR) is 137 cm³/mol. The number of aryl methyl sites for hydroxylation is 1.